The Morgan fingerprint density at radius 2 is 2.17 bits per heavy atom. The van der Waals surface area contributed by atoms with E-state index in [0.717, 1.165) is 0 Å². The lowest BCUT2D eigenvalue weighted by molar-refractivity contribution is -0.150. The lowest BCUT2D eigenvalue weighted by Crippen LogP contribution is -2.71. The SMILES string of the molecule is CO/N=C(/C(=O)NC1C(=O)N2C(C(=O)O)=C(C)CS[C@H]12)c1cc2c(F)cccc2s1. The van der Waals surface area contributed by atoms with Gasteiger partial charge >= 0.3 is 5.97 Å². The number of carbonyl (C=O) groups excluding carboxylic acids is 2. The maximum atomic E-state index is 14.0. The molecule has 1 unspecified atom stereocenters. The molecule has 11 heteroatoms. The van der Waals surface area contributed by atoms with Crippen molar-refractivity contribution in [1.29, 1.82) is 0 Å². The molecule has 0 radical (unpaired) electrons. The van der Waals surface area contributed by atoms with Crippen LogP contribution in [-0.2, 0) is 19.2 Å². The standard InChI is InChI=1S/C19H16FN3O5S2/c1-8-7-29-18-14(17(25)23(18)15(8)19(26)27)21-16(24)13(22-28-2)12-6-9-10(20)4-3-5-11(9)30-12/h3-6,14,18H,7H2,1-2H3,(H,21,24)(H,26,27)/b22-13+/t14?,18-/m1/s1. The zero-order valence-corrected chi connectivity index (χ0v) is 17.5. The van der Waals surface area contributed by atoms with Crippen molar-refractivity contribution in [1.82, 2.24) is 10.2 Å². The van der Waals surface area contributed by atoms with E-state index >= 15 is 0 Å². The number of amides is 2. The van der Waals surface area contributed by atoms with E-state index in [-0.39, 0.29) is 11.4 Å². The van der Waals surface area contributed by atoms with Crippen LogP contribution >= 0.6 is 23.1 Å². The number of hydrogen-bond acceptors (Lipinski definition) is 7. The van der Waals surface area contributed by atoms with Gasteiger partial charge in [0.1, 0.15) is 30.0 Å². The topological polar surface area (TPSA) is 108 Å². The average Bonchev–Trinajstić information content (AvgIpc) is 3.14. The summed E-state index contributed by atoms with van der Waals surface area (Å²) in [6.07, 6.45) is 0. The molecule has 2 aliphatic heterocycles. The first kappa shape index (κ1) is 20.4. The summed E-state index contributed by atoms with van der Waals surface area (Å²) in [5, 5.41) is 15.6. The molecule has 0 saturated carbocycles. The monoisotopic (exact) mass is 449 g/mol. The first-order chi connectivity index (χ1) is 14.3. The lowest BCUT2D eigenvalue weighted by atomic mass is 10.0. The summed E-state index contributed by atoms with van der Waals surface area (Å²) in [6.45, 7) is 1.66. The number of carboxylic acids is 1. The highest BCUT2D eigenvalue weighted by molar-refractivity contribution is 8.00. The predicted molar refractivity (Wildman–Crippen MR) is 111 cm³/mol. The van der Waals surface area contributed by atoms with Crippen molar-refractivity contribution in [2.45, 2.75) is 18.3 Å². The molecule has 1 aromatic heterocycles. The van der Waals surface area contributed by atoms with Crippen LogP contribution in [0.25, 0.3) is 10.1 Å². The van der Waals surface area contributed by atoms with Gasteiger partial charge in [0, 0.05) is 15.8 Å². The third-order valence-corrected chi connectivity index (χ3v) is 7.32. The molecule has 4 rings (SSSR count). The summed E-state index contributed by atoms with van der Waals surface area (Å²) in [5.74, 6) is -2.32. The number of carbonyl (C=O) groups is 3. The maximum Gasteiger partial charge on any atom is 0.352 e. The second-order valence-corrected chi connectivity index (χ2v) is 8.87. The number of halogens is 1. The van der Waals surface area contributed by atoms with Gasteiger partial charge in [-0.15, -0.1) is 23.1 Å². The van der Waals surface area contributed by atoms with Crippen molar-refractivity contribution in [3.05, 3.63) is 46.2 Å². The maximum absolute atomic E-state index is 14.0. The number of aliphatic carboxylic acids is 1. The number of thiophene rings is 1. The van der Waals surface area contributed by atoms with Gasteiger partial charge in [0.2, 0.25) is 0 Å². The number of nitrogens with one attached hydrogen (secondary N) is 1. The molecule has 2 aromatic rings. The Hall–Kier alpha value is -2.92. The van der Waals surface area contributed by atoms with E-state index in [4.69, 9.17) is 4.84 Å². The van der Waals surface area contributed by atoms with Crippen LogP contribution in [0.2, 0.25) is 0 Å². The summed E-state index contributed by atoms with van der Waals surface area (Å²) >= 11 is 2.55. The Bertz CT molecular complexity index is 1140. The van der Waals surface area contributed by atoms with E-state index in [1.54, 1.807) is 19.1 Å². The number of carboxylic acid groups (broad SMARTS) is 1. The fraction of sp³-hybridized carbons (Fsp3) is 0.263. The molecule has 30 heavy (non-hydrogen) atoms. The van der Waals surface area contributed by atoms with Gasteiger partial charge in [-0.1, -0.05) is 11.2 Å². The van der Waals surface area contributed by atoms with Crippen LogP contribution in [0, 0.1) is 5.82 Å². The number of hydrogen-bond donors (Lipinski definition) is 2. The van der Waals surface area contributed by atoms with Gasteiger partial charge in [0.05, 0.1) is 4.88 Å². The molecule has 2 amide bonds. The molecule has 1 saturated heterocycles. The molecule has 3 heterocycles. The minimum Gasteiger partial charge on any atom is -0.477 e. The normalized spacial score (nSPS) is 21.4. The second kappa shape index (κ2) is 7.73. The molecule has 156 valence electrons. The van der Waals surface area contributed by atoms with Crippen LogP contribution in [0.1, 0.15) is 11.8 Å². The van der Waals surface area contributed by atoms with Gasteiger partial charge in [0.15, 0.2) is 5.71 Å². The Morgan fingerprint density at radius 1 is 1.40 bits per heavy atom. The highest BCUT2D eigenvalue weighted by Gasteiger charge is 2.54. The molecule has 0 bridgehead atoms. The van der Waals surface area contributed by atoms with Crippen molar-refractivity contribution in [2.75, 3.05) is 12.9 Å². The number of thioether (sulfide) groups is 1. The van der Waals surface area contributed by atoms with E-state index in [1.807, 2.05) is 0 Å². The fourth-order valence-corrected chi connectivity index (χ4v) is 5.76. The lowest BCUT2D eigenvalue weighted by Gasteiger charge is -2.49. The number of oxime groups is 1. The van der Waals surface area contributed by atoms with Crippen molar-refractivity contribution in [2.24, 2.45) is 5.16 Å². The fourth-order valence-electron chi connectivity index (χ4n) is 3.42. The number of rotatable bonds is 5. The van der Waals surface area contributed by atoms with E-state index in [2.05, 4.69) is 10.5 Å². The molecule has 2 aliphatic rings. The summed E-state index contributed by atoms with van der Waals surface area (Å²) in [4.78, 5) is 43.3. The van der Waals surface area contributed by atoms with E-state index < -0.39 is 35.0 Å². The van der Waals surface area contributed by atoms with Crippen LogP contribution in [0.3, 0.4) is 0 Å². The zero-order valence-electron chi connectivity index (χ0n) is 15.8. The van der Waals surface area contributed by atoms with Crippen LogP contribution in [0.4, 0.5) is 4.39 Å². The molecule has 1 aromatic carbocycles. The molecular formula is C19H16FN3O5S2. The van der Waals surface area contributed by atoms with Gasteiger partial charge in [0.25, 0.3) is 11.8 Å². The Kier molecular flexibility index (Phi) is 5.24. The average molecular weight is 449 g/mol. The predicted octanol–water partition coefficient (Wildman–Crippen LogP) is 2.15. The first-order valence-electron chi connectivity index (χ1n) is 8.81. The molecule has 8 nitrogen and oxygen atoms in total. The Morgan fingerprint density at radius 3 is 2.83 bits per heavy atom. The smallest absolute Gasteiger partial charge is 0.352 e. The van der Waals surface area contributed by atoms with Crippen molar-refractivity contribution < 1.29 is 28.7 Å². The Labute approximate surface area is 178 Å². The van der Waals surface area contributed by atoms with Crippen molar-refractivity contribution in [3.8, 4) is 0 Å². The van der Waals surface area contributed by atoms with Crippen molar-refractivity contribution >= 4 is 56.7 Å². The number of nitrogens with zero attached hydrogens (tertiary/aromatic N) is 2. The molecule has 0 spiro atoms. The minimum atomic E-state index is -1.18. The zero-order chi connectivity index (χ0) is 21.6. The third kappa shape index (κ3) is 3.23. The molecule has 0 aliphatic carbocycles. The van der Waals surface area contributed by atoms with Crippen LogP contribution < -0.4 is 5.32 Å². The van der Waals surface area contributed by atoms with Gasteiger partial charge in [-0.05, 0) is 30.7 Å². The van der Waals surface area contributed by atoms with Crippen molar-refractivity contribution in [3.63, 3.8) is 0 Å². The highest BCUT2D eigenvalue weighted by Crippen LogP contribution is 2.40. The minimum absolute atomic E-state index is 0.0417. The quantitative estimate of drug-likeness (QED) is 0.411. The largest absolute Gasteiger partial charge is 0.477 e. The van der Waals surface area contributed by atoms with Gasteiger partial charge in [-0.3, -0.25) is 14.5 Å². The summed E-state index contributed by atoms with van der Waals surface area (Å²) in [6, 6.07) is 5.24. The first-order valence-corrected chi connectivity index (χ1v) is 10.7. The molecule has 1 fully saturated rings. The van der Waals surface area contributed by atoms with Crippen LogP contribution in [-0.4, -0.2) is 57.8 Å². The third-order valence-electron chi connectivity index (χ3n) is 4.79. The number of benzene rings is 1. The van der Waals surface area contributed by atoms with Gasteiger partial charge < -0.3 is 15.3 Å². The van der Waals surface area contributed by atoms with Gasteiger partial charge in [-0.25, -0.2) is 9.18 Å². The number of β-lactam (4-membered cyclic amide) rings is 1. The summed E-state index contributed by atoms with van der Waals surface area (Å²) in [7, 11) is 1.28. The van der Waals surface area contributed by atoms with Crippen LogP contribution in [0.15, 0.2) is 40.7 Å². The van der Waals surface area contributed by atoms with E-state index in [1.165, 1.54) is 47.2 Å². The van der Waals surface area contributed by atoms with E-state index in [0.29, 0.717) is 26.3 Å². The number of fused-ring (bicyclic) bond motifs is 2. The van der Waals surface area contributed by atoms with Gasteiger partial charge in [-0.2, -0.15) is 0 Å². The molecule has 2 N–H and O–H groups in total. The summed E-state index contributed by atoms with van der Waals surface area (Å²) < 4.78 is 14.7. The highest BCUT2D eigenvalue weighted by atomic mass is 32.2. The molecule has 2 atom stereocenters. The second-order valence-electron chi connectivity index (χ2n) is 6.68. The summed E-state index contributed by atoms with van der Waals surface area (Å²) in [5.41, 5.74) is 0.464. The van der Waals surface area contributed by atoms with Crippen LogP contribution in [0.5, 0.6) is 0 Å². The van der Waals surface area contributed by atoms with E-state index in [9.17, 15) is 23.9 Å². The molecular weight excluding hydrogens is 433 g/mol. The Balaban J connectivity index is 1.58.